The van der Waals surface area contributed by atoms with Crippen LogP contribution in [0.2, 0.25) is 0 Å². The molecule has 0 saturated heterocycles. The van der Waals surface area contributed by atoms with E-state index < -0.39 is 0 Å². The molecule has 122 valence electrons. The van der Waals surface area contributed by atoms with Crippen molar-refractivity contribution in [1.82, 2.24) is 20.3 Å². The molecule has 0 unspecified atom stereocenters. The summed E-state index contributed by atoms with van der Waals surface area (Å²) >= 11 is 0. The maximum atomic E-state index is 12.5. The summed E-state index contributed by atoms with van der Waals surface area (Å²) in [6, 6.07) is 5.37. The molecule has 23 heavy (non-hydrogen) atoms. The van der Waals surface area contributed by atoms with Gasteiger partial charge in [0.15, 0.2) is 0 Å². The standard InChI is InChI=1S/C17H23N5O/c1-5-22(6-2)17-19-12(3)11-15(21-17)16(23)20-13(4)14-7-9-18-10-8-14/h7-11,13H,5-6H2,1-4H3,(H,20,23)/t13-/m1/s1. The number of pyridine rings is 1. The van der Waals surface area contributed by atoms with Gasteiger partial charge in [0.1, 0.15) is 5.69 Å². The van der Waals surface area contributed by atoms with Crippen molar-refractivity contribution in [3.05, 3.63) is 47.5 Å². The monoisotopic (exact) mass is 313 g/mol. The van der Waals surface area contributed by atoms with Crippen LogP contribution in [0.1, 0.15) is 48.6 Å². The van der Waals surface area contributed by atoms with Gasteiger partial charge in [0.25, 0.3) is 5.91 Å². The van der Waals surface area contributed by atoms with Gasteiger partial charge in [0, 0.05) is 31.2 Å². The Balaban J connectivity index is 2.19. The summed E-state index contributed by atoms with van der Waals surface area (Å²) in [6.07, 6.45) is 3.43. The van der Waals surface area contributed by atoms with Crippen molar-refractivity contribution >= 4 is 11.9 Å². The molecular weight excluding hydrogens is 290 g/mol. The predicted molar refractivity (Wildman–Crippen MR) is 90.4 cm³/mol. The first-order valence-electron chi connectivity index (χ1n) is 7.86. The lowest BCUT2D eigenvalue weighted by molar-refractivity contribution is 0.0934. The third-order valence-corrected chi connectivity index (χ3v) is 3.68. The number of aromatic nitrogens is 3. The topological polar surface area (TPSA) is 71.0 Å². The lowest BCUT2D eigenvalue weighted by Gasteiger charge is -2.20. The number of carbonyl (C=O) groups excluding carboxylic acids is 1. The fraction of sp³-hybridized carbons (Fsp3) is 0.412. The van der Waals surface area contributed by atoms with E-state index in [4.69, 9.17) is 0 Å². The largest absolute Gasteiger partial charge is 0.344 e. The molecule has 0 saturated carbocycles. The third kappa shape index (κ3) is 4.25. The second-order valence-corrected chi connectivity index (χ2v) is 5.34. The highest BCUT2D eigenvalue weighted by atomic mass is 16.1. The van der Waals surface area contributed by atoms with Crippen molar-refractivity contribution in [3.63, 3.8) is 0 Å². The molecule has 2 heterocycles. The predicted octanol–water partition coefficient (Wildman–Crippen LogP) is 2.52. The minimum atomic E-state index is -0.201. The van der Waals surface area contributed by atoms with Crippen LogP contribution in [0.3, 0.4) is 0 Å². The number of anilines is 1. The molecule has 2 aromatic rings. The van der Waals surface area contributed by atoms with Gasteiger partial charge in [-0.25, -0.2) is 9.97 Å². The van der Waals surface area contributed by atoms with Crippen molar-refractivity contribution in [2.45, 2.75) is 33.7 Å². The zero-order valence-electron chi connectivity index (χ0n) is 14.1. The Hall–Kier alpha value is -2.50. The molecule has 6 nitrogen and oxygen atoms in total. The van der Waals surface area contributed by atoms with E-state index in [0.717, 1.165) is 24.3 Å². The summed E-state index contributed by atoms with van der Waals surface area (Å²) in [5.74, 6) is 0.393. The van der Waals surface area contributed by atoms with Crippen LogP contribution in [0.4, 0.5) is 5.95 Å². The number of nitrogens with one attached hydrogen (secondary N) is 1. The van der Waals surface area contributed by atoms with E-state index in [1.165, 1.54) is 0 Å². The number of hydrogen-bond donors (Lipinski definition) is 1. The number of rotatable bonds is 6. The molecule has 2 rings (SSSR count). The van der Waals surface area contributed by atoms with Gasteiger partial charge in [0.2, 0.25) is 5.95 Å². The van der Waals surface area contributed by atoms with Crippen LogP contribution in [0.5, 0.6) is 0 Å². The molecule has 0 bridgehead atoms. The fourth-order valence-electron chi connectivity index (χ4n) is 2.32. The highest BCUT2D eigenvalue weighted by Crippen LogP contribution is 2.13. The molecule has 0 spiro atoms. The number of hydrogen-bond acceptors (Lipinski definition) is 5. The zero-order chi connectivity index (χ0) is 16.8. The van der Waals surface area contributed by atoms with Crippen LogP contribution in [-0.4, -0.2) is 33.9 Å². The number of nitrogens with zero attached hydrogens (tertiary/aromatic N) is 4. The Morgan fingerprint density at radius 2 is 1.87 bits per heavy atom. The molecule has 6 heteroatoms. The molecule has 0 aliphatic rings. The average Bonchev–Trinajstić information content (AvgIpc) is 2.56. The molecule has 1 atom stereocenters. The van der Waals surface area contributed by atoms with Gasteiger partial charge in [-0.1, -0.05) is 0 Å². The van der Waals surface area contributed by atoms with Crippen molar-refractivity contribution in [1.29, 1.82) is 0 Å². The molecular formula is C17H23N5O. The Labute approximate surface area is 137 Å². The second-order valence-electron chi connectivity index (χ2n) is 5.34. The lowest BCUT2D eigenvalue weighted by Crippen LogP contribution is -2.30. The molecule has 2 aromatic heterocycles. The maximum absolute atomic E-state index is 12.5. The van der Waals surface area contributed by atoms with Gasteiger partial charge in [0.05, 0.1) is 6.04 Å². The first-order valence-corrected chi connectivity index (χ1v) is 7.86. The van der Waals surface area contributed by atoms with Crippen LogP contribution in [0.15, 0.2) is 30.6 Å². The van der Waals surface area contributed by atoms with Crippen LogP contribution in [-0.2, 0) is 0 Å². The van der Waals surface area contributed by atoms with Gasteiger partial charge in [-0.3, -0.25) is 9.78 Å². The Bertz CT molecular complexity index is 655. The van der Waals surface area contributed by atoms with Gasteiger partial charge in [-0.05, 0) is 51.5 Å². The summed E-state index contributed by atoms with van der Waals surface area (Å²) in [5, 5.41) is 2.97. The SMILES string of the molecule is CCN(CC)c1nc(C)cc(C(=O)N[C@H](C)c2ccncc2)n1. The fourth-order valence-corrected chi connectivity index (χ4v) is 2.32. The first-order chi connectivity index (χ1) is 11.0. The minimum absolute atomic E-state index is 0.113. The smallest absolute Gasteiger partial charge is 0.270 e. The molecule has 0 radical (unpaired) electrons. The Morgan fingerprint density at radius 3 is 2.48 bits per heavy atom. The molecule has 0 aromatic carbocycles. The van der Waals surface area contributed by atoms with Crippen LogP contribution < -0.4 is 10.2 Å². The van der Waals surface area contributed by atoms with Gasteiger partial charge in [-0.2, -0.15) is 0 Å². The molecule has 0 aliphatic heterocycles. The van der Waals surface area contributed by atoms with E-state index >= 15 is 0 Å². The van der Waals surface area contributed by atoms with Crippen molar-refractivity contribution in [3.8, 4) is 0 Å². The maximum Gasteiger partial charge on any atom is 0.270 e. The van der Waals surface area contributed by atoms with Crippen molar-refractivity contribution < 1.29 is 4.79 Å². The Kier molecular flexibility index (Phi) is 5.62. The lowest BCUT2D eigenvalue weighted by atomic mass is 10.1. The summed E-state index contributed by atoms with van der Waals surface area (Å²) in [6.45, 7) is 9.49. The molecule has 0 aliphatic carbocycles. The highest BCUT2D eigenvalue weighted by Gasteiger charge is 2.16. The van der Waals surface area contributed by atoms with Crippen LogP contribution in [0, 0.1) is 6.92 Å². The Morgan fingerprint density at radius 1 is 1.22 bits per heavy atom. The highest BCUT2D eigenvalue weighted by molar-refractivity contribution is 5.92. The second kappa shape index (κ2) is 7.67. The van der Waals surface area contributed by atoms with Gasteiger partial charge >= 0.3 is 0 Å². The third-order valence-electron chi connectivity index (χ3n) is 3.68. The van der Waals surface area contributed by atoms with E-state index in [1.54, 1.807) is 18.5 Å². The van der Waals surface area contributed by atoms with Gasteiger partial charge in [-0.15, -0.1) is 0 Å². The van der Waals surface area contributed by atoms with Crippen LogP contribution >= 0.6 is 0 Å². The van der Waals surface area contributed by atoms with Crippen molar-refractivity contribution in [2.75, 3.05) is 18.0 Å². The molecule has 1 amide bonds. The number of amides is 1. The quantitative estimate of drug-likeness (QED) is 0.887. The van der Waals surface area contributed by atoms with E-state index in [9.17, 15) is 4.79 Å². The van der Waals surface area contributed by atoms with E-state index in [-0.39, 0.29) is 11.9 Å². The average molecular weight is 313 g/mol. The summed E-state index contributed by atoms with van der Waals surface area (Å²) in [5.41, 5.74) is 2.17. The van der Waals surface area contributed by atoms with E-state index in [0.29, 0.717) is 11.6 Å². The summed E-state index contributed by atoms with van der Waals surface area (Å²) in [7, 11) is 0. The number of aryl methyl sites for hydroxylation is 1. The number of carbonyl (C=O) groups is 1. The first kappa shape index (κ1) is 16.9. The minimum Gasteiger partial charge on any atom is -0.344 e. The molecule has 1 N–H and O–H groups in total. The molecule has 0 fully saturated rings. The summed E-state index contributed by atoms with van der Waals surface area (Å²) < 4.78 is 0. The van der Waals surface area contributed by atoms with Gasteiger partial charge < -0.3 is 10.2 Å². The van der Waals surface area contributed by atoms with E-state index in [1.807, 2.05) is 44.7 Å². The van der Waals surface area contributed by atoms with E-state index in [2.05, 4.69) is 20.3 Å². The zero-order valence-corrected chi connectivity index (χ0v) is 14.1. The normalized spacial score (nSPS) is 11.8. The van der Waals surface area contributed by atoms with Crippen LogP contribution in [0.25, 0.3) is 0 Å². The van der Waals surface area contributed by atoms with Crippen molar-refractivity contribution in [2.24, 2.45) is 0 Å². The summed E-state index contributed by atoms with van der Waals surface area (Å²) in [4.78, 5) is 27.3.